The molecular weight excluding hydrogens is 337 g/mol. The molecular formula is C20H18FNO4. The van der Waals surface area contributed by atoms with Crippen molar-refractivity contribution < 1.29 is 18.3 Å². The van der Waals surface area contributed by atoms with Crippen LogP contribution in [0.1, 0.15) is 18.9 Å². The van der Waals surface area contributed by atoms with Gasteiger partial charge in [-0.05, 0) is 55.3 Å². The summed E-state index contributed by atoms with van der Waals surface area (Å²) >= 11 is 0. The van der Waals surface area contributed by atoms with Crippen molar-refractivity contribution in [1.82, 2.24) is 0 Å². The van der Waals surface area contributed by atoms with Gasteiger partial charge in [0.15, 0.2) is 6.10 Å². The second-order valence-corrected chi connectivity index (χ2v) is 5.92. The maximum Gasteiger partial charge on any atom is 0.336 e. The summed E-state index contributed by atoms with van der Waals surface area (Å²) in [4.78, 5) is 23.9. The van der Waals surface area contributed by atoms with E-state index >= 15 is 0 Å². The SMILES string of the molecule is CCC(Oc1ccc2c(C)cc(=O)oc2c1)C(=O)Nc1ccc(F)cc1. The van der Waals surface area contributed by atoms with Gasteiger partial charge in [0, 0.05) is 23.2 Å². The summed E-state index contributed by atoms with van der Waals surface area (Å²) in [7, 11) is 0. The molecule has 2 aromatic carbocycles. The average molecular weight is 355 g/mol. The minimum Gasteiger partial charge on any atom is -0.480 e. The van der Waals surface area contributed by atoms with Crippen LogP contribution in [0, 0.1) is 12.7 Å². The summed E-state index contributed by atoms with van der Waals surface area (Å²) in [5.74, 6) is -0.295. The van der Waals surface area contributed by atoms with Gasteiger partial charge in [-0.2, -0.15) is 0 Å². The highest BCUT2D eigenvalue weighted by molar-refractivity contribution is 5.94. The van der Waals surface area contributed by atoms with Crippen LogP contribution in [-0.4, -0.2) is 12.0 Å². The second-order valence-electron chi connectivity index (χ2n) is 5.92. The summed E-state index contributed by atoms with van der Waals surface area (Å²) in [6.45, 7) is 3.64. The van der Waals surface area contributed by atoms with E-state index in [-0.39, 0.29) is 11.7 Å². The Kier molecular flexibility index (Phi) is 5.02. The highest BCUT2D eigenvalue weighted by Crippen LogP contribution is 2.23. The van der Waals surface area contributed by atoms with Gasteiger partial charge in [-0.15, -0.1) is 0 Å². The van der Waals surface area contributed by atoms with Gasteiger partial charge in [0.25, 0.3) is 5.91 Å². The Morgan fingerprint density at radius 1 is 1.19 bits per heavy atom. The van der Waals surface area contributed by atoms with Crippen LogP contribution in [0.2, 0.25) is 0 Å². The normalized spacial score (nSPS) is 12.0. The van der Waals surface area contributed by atoms with Crippen molar-refractivity contribution in [2.75, 3.05) is 5.32 Å². The van der Waals surface area contributed by atoms with E-state index < -0.39 is 11.7 Å². The second kappa shape index (κ2) is 7.39. The fourth-order valence-electron chi connectivity index (χ4n) is 2.62. The molecule has 0 saturated heterocycles. The zero-order valence-corrected chi connectivity index (χ0v) is 14.4. The van der Waals surface area contributed by atoms with Gasteiger partial charge in [0.2, 0.25) is 0 Å². The van der Waals surface area contributed by atoms with Crippen LogP contribution >= 0.6 is 0 Å². The maximum absolute atomic E-state index is 13.0. The Balaban J connectivity index is 1.78. The summed E-state index contributed by atoms with van der Waals surface area (Å²) in [5.41, 5.74) is 1.26. The van der Waals surface area contributed by atoms with Crippen molar-refractivity contribution in [2.45, 2.75) is 26.4 Å². The lowest BCUT2D eigenvalue weighted by Crippen LogP contribution is -2.32. The molecule has 1 aromatic heterocycles. The molecule has 0 aliphatic heterocycles. The van der Waals surface area contributed by atoms with Crippen molar-refractivity contribution in [3.05, 3.63) is 70.3 Å². The first-order valence-electron chi connectivity index (χ1n) is 8.24. The highest BCUT2D eigenvalue weighted by Gasteiger charge is 2.19. The number of halogens is 1. The fraction of sp³-hybridized carbons (Fsp3) is 0.200. The largest absolute Gasteiger partial charge is 0.480 e. The number of nitrogens with one attached hydrogen (secondary N) is 1. The van der Waals surface area contributed by atoms with Crippen LogP contribution in [0.4, 0.5) is 10.1 Å². The minimum atomic E-state index is -0.742. The Hall–Kier alpha value is -3.15. The van der Waals surface area contributed by atoms with Gasteiger partial charge in [0.1, 0.15) is 17.1 Å². The lowest BCUT2D eigenvalue weighted by Gasteiger charge is -2.17. The molecule has 0 aliphatic carbocycles. The zero-order chi connectivity index (χ0) is 18.7. The third kappa shape index (κ3) is 3.91. The number of carbonyl (C=O) groups is 1. The van der Waals surface area contributed by atoms with E-state index in [1.54, 1.807) is 18.2 Å². The maximum atomic E-state index is 13.0. The standard InChI is InChI=1S/C20H18FNO4/c1-3-17(20(24)22-14-6-4-13(21)5-7-14)25-15-8-9-16-12(2)10-19(23)26-18(16)11-15/h4-11,17H,3H2,1-2H3,(H,22,24). The topological polar surface area (TPSA) is 68.5 Å². The molecule has 6 heteroatoms. The molecule has 0 saturated carbocycles. The summed E-state index contributed by atoms with van der Waals surface area (Å²) in [6.07, 6.45) is -0.308. The number of hydrogen-bond acceptors (Lipinski definition) is 4. The lowest BCUT2D eigenvalue weighted by atomic mass is 10.1. The number of ether oxygens (including phenoxy) is 1. The fourth-order valence-corrected chi connectivity index (χ4v) is 2.62. The van der Waals surface area contributed by atoms with E-state index in [2.05, 4.69) is 5.32 Å². The first-order valence-corrected chi connectivity index (χ1v) is 8.24. The Bertz CT molecular complexity index is 995. The molecule has 134 valence electrons. The summed E-state index contributed by atoms with van der Waals surface area (Å²) in [5, 5.41) is 3.50. The first kappa shape index (κ1) is 17.7. The number of anilines is 1. The van der Waals surface area contributed by atoms with E-state index in [0.29, 0.717) is 23.4 Å². The molecule has 3 aromatic rings. The third-order valence-electron chi connectivity index (χ3n) is 3.98. The number of hydrogen-bond donors (Lipinski definition) is 1. The smallest absolute Gasteiger partial charge is 0.336 e. The predicted octanol–water partition coefficient (Wildman–Crippen LogP) is 4.04. The number of rotatable bonds is 5. The van der Waals surface area contributed by atoms with E-state index in [1.165, 1.54) is 30.3 Å². The van der Waals surface area contributed by atoms with Crippen molar-refractivity contribution >= 4 is 22.6 Å². The van der Waals surface area contributed by atoms with E-state index in [1.807, 2.05) is 13.8 Å². The Morgan fingerprint density at radius 2 is 1.92 bits per heavy atom. The molecule has 3 rings (SSSR count). The third-order valence-corrected chi connectivity index (χ3v) is 3.98. The molecule has 1 heterocycles. The summed E-state index contributed by atoms with van der Waals surface area (Å²) < 4.78 is 23.9. The molecule has 0 fully saturated rings. The van der Waals surface area contributed by atoms with Gasteiger partial charge in [-0.25, -0.2) is 9.18 Å². The number of fused-ring (bicyclic) bond motifs is 1. The van der Waals surface area contributed by atoms with E-state index in [4.69, 9.17) is 9.15 Å². The lowest BCUT2D eigenvalue weighted by molar-refractivity contribution is -0.122. The van der Waals surface area contributed by atoms with E-state index in [0.717, 1.165) is 10.9 Å². The zero-order valence-electron chi connectivity index (χ0n) is 14.4. The van der Waals surface area contributed by atoms with Crippen LogP contribution < -0.4 is 15.7 Å². The molecule has 5 nitrogen and oxygen atoms in total. The van der Waals surface area contributed by atoms with Crippen molar-refractivity contribution in [3.8, 4) is 5.75 Å². The Labute approximate surface area is 149 Å². The van der Waals surface area contributed by atoms with Crippen molar-refractivity contribution in [3.63, 3.8) is 0 Å². The monoisotopic (exact) mass is 355 g/mol. The number of carbonyl (C=O) groups excluding carboxylic acids is 1. The number of benzene rings is 2. The number of aryl methyl sites for hydroxylation is 1. The molecule has 0 spiro atoms. The van der Waals surface area contributed by atoms with Gasteiger partial charge in [-0.1, -0.05) is 6.92 Å². The van der Waals surface area contributed by atoms with Crippen molar-refractivity contribution in [2.24, 2.45) is 0 Å². The molecule has 1 amide bonds. The van der Waals surface area contributed by atoms with Gasteiger partial charge in [-0.3, -0.25) is 4.79 Å². The highest BCUT2D eigenvalue weighted by atomic mass is 19.1. The molecule has 1 N–H and O–H groups in total. The first-order chi connectivity index (χ1) is 12.5. The van der Waals surface area contributed by atoms with Crippen molar-refractivity contribution in [1.29, 1.82) is 0 Å². The van der Waals surface area contributed by atoms with E-state index in [9.17, 15) is 14.0 Å². The molecule has 0 bridgehead atoms. The Morgan fingerprint density at radius 3 is 2.62 bits per heavy atom. The van der Waals surface area contributed by atoms with Crippen LogP contribution in [0.25, 0.3) is 11.0 Å². The average Bonchev–Trinajstić information content (AvgIpc) is 2.61. The molecule has 26 heavy (non-hydrogen) atoms. The molecule has 1 unspecified atom stereocenters. The van der Waals surface area contributed by atoms with Crippen LogP contribution in [0.15, 0.2) is 57.7 Å². The van der Waals surface area contributed by atoms with Gasteiger partial charge >= 0.3 is 5.63 Å². The van der Waals surface area contributed by atoms with Crippen LogP contribution in [0.5, 0.6) is 5.75 Å². The van der Waals surface area contributed by atoms with Gasteiger partial charge in [0.05, 0.1) is 0 Å². The molecule has 0 radical (unpaired) electrons. The molecule has 1 atom stereocenters. The quantitative estimate of drug-likeness (QED) is 0.702. The van der Waals surface area contributed by atoms with Gasteiger partial charge < -0.3 is 14.5 Å². The minimum absolute atomic E-state index is 0.343. The predicted molar refractivity (Wildman–Crippen MR) is 97.0 cm³/mol. The number of amides is 1. The van der Waals surface area contributed by atoms with Crippen LogP contribution in [0.3, 0.4) is 0 Å². The summed E-state index contributed by atoms with van der Waals surface area (Å²) in [6, 6.07) is 12.0. The van der Waals surface area contributed by atoms with Crippen LogP contribution in [-0.2, 0) is 4.79 Å². The molecule has 0 aliphatic rings.